The van der Waals surface area contributed by atoms with Crippen molar-refractivity contribution < 1.29 is 9.59 Å². The zero-order valence-electron chi connectivity index (χ0n) is 11.7. The van der Waals surface area contributed by atoms with Crippen LogP contribution in [0.1, 0.15) is 32.6 Å². The van der Waals surface area contributed by atoms with Gasteiger partial charge in [0, 0.05) is 12.6 Å². The Morgan fingerprint density at radius 1 is 1.29 bits per heavy atom. The summed E-state index contributed by atoms with van der Waals surface area (Å²) in [6, 6.07) is 6.97. The van der Waals surface area contributed by atoms with Crippen LogP contribution < -0.4 is 10.6 Å². The molecule has 0 aromatic heterocycles. The van der Waals surface area contributed by atoms with Crippen LogP contribution in [0.25, 0.3) is 0 Å². The van der Waals surface area contributed by atoms with Gasteiger partial charge in [-0.05, 0) is 31.0 Å². The van der Waals surface area contributed by atoms with Crippen LogP contribution in [0.3, 0.4) is 0 Å². The van der Waals surface area contributed by atoms with Gasteiger partial charge in [0.1, 0.15) is 5.41 Å². The number of carbonyl (C=O) groups is 2. The number of anilines is 2. The van der Waals surface area contributed by atoms with Crippen LogP contribution in [-0.2, 0) is 9.59 Å². The highest BCUT2D eigenvalue weighted by atomic mass is 35.5. The maximum absolute atomic E-state index is 12.3. The van der Waals surface area contributed by atoms with Crippen molar-refractivity contribution >= 4 is 34.8 Å². The number of hydrogen-bond donors (Lipinski definition) is 2. The Hall–Kier alpha value is -2.06. The van der Waals surface area contributed by atoms with Crippen molar-refractivity contribution in [3.8, 4) is 6.07 Å². The molecule has 1 fully saturated rings. The molecule has 0 saturated heterocycles. The maximum atomic E-state index is 12.3. The van der Waals surface area contributed by atoms with Gasteiger partial charge in [0.05, 0.1) is 16.8 Å². The normalized spacial score (nSPS) is 16.0. The highest BCUT2D eigenvalue weighted by Crippen LogP contribution is 2.38. The number of benzene rings is 1. The van der Waals surface area contributed by atoms with E-state index in [0.717, 1.165) is 12.8 Å². The molecule has 0 unspecified atom stereocenters. The largest absolute Gasteiger partial charge is 0.325 e. The summed E-state index contributed by atoms with van der Waals surface area (Å²) in [7, 11) is 0. The third kappa shape index (κ3) is 3.34. The number of nitriles is 1. The molecule has 0 atom stereocenters. The molecule has 2 rings (SSSR count). The van der Waals surface area contributed by atoms with Crippen LogP contribution in [0.15, 0.2) is 18.2 Å². The number of halogens is 1. The molecule has 21 heavy (non-hydrogen) atoms. The van der Waals surface area contributed by atoms with Crippen molar-refractivity contribution in [1.29, 1.82) is 5.26 Å². The fraction of sp³-hybridized carbons (Fsp3) is 0.400. The summed E-state index contributed by atoms with van der Waals surface area (Å²) in [5.74, 6) is -0.539. The molecule has 5 nitrogen and oxygen atoms in total. The molecule has 1 aromatic carbocycles. The lowest BCUT2D eigenvalue weighted by Gasteiger charge is -2.19. The smallest absolute Gasteiger partial charge is 0.244 e. The number of hydrogen-bond acceptors (Lipinski definition) is 3. The minimum Gasteiger partial charge on any atom is -0.325 e. The average Bonchev–Trinajstić information content (AvgIpc) is 2.92. The van der Waals surface area contributed by atoms with Crippen LogP contribution in [0, 0.1) is 16.7 Å². The lowest BCUT2D eigenvalue weighted by molar-refractivity contribution is -0.122. The van der Waals surface area contributed by atoms with E-state index in [-0.39, 0.29) is 11.8 Å². The van der Waals surface area contributed by atoms with E-state index in [4.69, 9.17) is 11.6 Å². The van der Waals surface area contributed by atoms with Crippen molar-refractivity contribution in [2.24, 2.45) is 5.41 Å². The Balaban J connectivity index is 2.18. The molecular weight excluding hydrogens is 290 g/mol. The Morgan fingerprint density at radius 3 is 2.52 bits per heavy atom. The molecule has 0 heterocycles. The quantitative estimate of drug-likeness (QED) is 0.898. The van der Waals surface area contributed by atoms with Gasteiger partial charge in [-0.15, -0.1) is 0 Å². The van der Waals surface area contributed by atoms with Crippen LogP contribution >= 0.6 is 11.6 Å². The van der Waals surface area contributed by atoms with Crippen molar-refractivity contribution in [2.75, 3.05) is 10.6 Å². The summed E-state index contributed by atoms with van der Waals surface area (Å²) in [5, 5.41) is 15.0. The second-order valence-electron chi connectivity index (χ2n) is 5.23. The summed E-state index contributed by atoms with van der Waals surface area (Å²) in [6.07, 6.45) is 2.94. The van der Waals surface area contributed by atoms with Gasteiger partial charge in [-0.3, -0.25) is 9.59 Å². The minimum absolute atomic E-state index is 0.246. The lowest BCUT2D eigenvalue weighted by atomic mass is 9.87. The molecule has 0 bridgehead atoms. The Bertz CT molecular complexity index is 616. The zero-order valence-corrected chi connectivity index (χ0v) is 12.5. The monoisotopic (exact) mass is 305 g/mol. The number of amides is 2. The van der Waals surface area contributed by atoms with Gasteiger partial charge in [0.25, 0.3) is 0 Å². The Kier molecular flexibility index (Phi) is 4.49. The lowest BCUT2D eigenvalue weighted by Crippen LogP contribution is -2.32. The number of nitrogens with zero attached hydrogens (tertiary/aromatic N) is 1. The molecular formula is C15H16ClN3O2. The molecule has 0 aliphatic heterocycles. The first-order valence-corrected chi connectivity index (χ1v) is 7.14. The van der Waals surface area contributed by atoms with E-state index >= 15 is 0 Å². The van der Waals surface area contributed by atoms with E-state index in [0.29, 0.717) is 29.2 Å². The third-order valence-electron chi connectivity index (χ3n) is 3.64. The first-order valence-electron chi connectivity index (χ1n) is 6.77. The van der Waals surface area contributed by atoms with E-state index < -0.39 is 5.41 Å². The number of rotatable bonds is 3. The molecule has 0 spiro atoms. The molecule has 1 aromatic rings. The maximum Gasteiger partial charge on any atom is 0.244 e. The fourth-order valence-corrected chi connectivity index (χ4v) is 2.67. The number of carbonyl (C=O) groups excluding carboxylic acids is 2. The first kappa shape index (κ1) is 15.3. The summed E-state index contributed by atoms with van der Waals surface area (Å²) in [6.45, 7) is 1.38. The molecule has 2 N–H and O–H groups in total. The summed E-state index contributed by atoms with van der Waals surface area (Å²) >= 11 is 5.98. The zero-order chi connectivity index (χ0) is 15.5. The summed E-state index contributed by atoms with van der Waals surface area (Å²) in [4.78, 5) is 23.4. The van der Waals surface area contributed by atoms with Gasteiger partial charge in [-0.1, -0.05) is 24.4 Å². The van der Waals surface area contributed by atoms with Crippen molar-refractivity contribution in [3.63, 3.8) is 0 Å². The molecule has 0 radical (unpaired) electrons. The predicted molar refractivity (Wildman–Crippen MR) is 80.9 cm³/mol. The first-order chi connectivity index (χ1) is 9.97. The standard InChI is InChI=1S/C15H16ClN3O2/c1-10(20)18-13-8-11(4-5-12(13)16)19-14(21)15(9-17)6-2-3-7-15/h4-5,8H,2-3,6-7H2,1H3,(H,18,20)(H,19,21). The number of nitrogens with one attached hydrogen (secondary N) is 2. The summed E-state index contributed by atoms with van der Waals surface area (Å²) in [5.41, 5.74) is 0.00225. The Morgan fingerprint density at radius 2 is 1.95 bits per heavy atom. The van der Waals surface area contributed by atoms with Crippen molar-refractivity contribution in [1.82, 2.24) is 0 Å². The van der Waals surface area contributed by atoms with Crippen molar-refractivity contribution in [2.45, 2.75) is 32.6 Å². The van der Waals surface area contributed by atoms with E-state index in [1.807, 2.05) is 0 Å². The summed E-state index contributed by atoms with van der Waals surface area (Å²) < 4.78 is 0. The Labute approximate surface area is 128 Å². The molecule has 1 aliphatic rings. The van der Waals surface area contributed by atoms with Gasteiger partial charge in [0.2, 0.25) is 11.8 Å². The minimum atomic E-state index is -0.937. The van der Waals surface area contributed by atoms with Crippen LogP contribution in [0.4, 0.5) is 11.4 Å². The van der Waals surface area contributed by atoms with Gasteiger partial charge < -0.3 is 10.6 Å². The van der Waals surface area contributed by atoms with Crippen molar-refractivity contribution in [3.05, 3.63) is 23.2 Å². The van der Waals surface area contributed by atoms with E-state index in [9.17, 15) is 14.9 Å². The van der Waals surface area contributed by atoms with Gasteiger partial charge in [0.15, 0.2) is 0 Å². The molecule has 2 amide bonds. The van der Waals surface area contributed by atoms with E-state index in [2.05, 4.69) is 16.7 Å². The highest BCUT2D eigenvalue weighted by Gasteiger charge is 2.41. The van der Waals surface area contributed by atoms with Gasteiger partial charge in [-0.2, -0.15) is 5.26 Å². The van der Waals surface area contributed by atoms with E-state index in [1.165, 1.54) is 6.92 Å². The SMILES string of the molecule is CC(=O)Nc1cc(NC(=O)C2(C#N)CCCC2)ccc1Cl. The van der Waals surface area contributed by atoms with Crippen LogP contribution in [0.5, 0.6) is 0 Å². The highest BCUT2D eigenvalue weighted by molar-refractivity contribution is 6.33. The fourth-order valence-electron chi connectivity index (χ4n) is 2.51. The molecule has 1 saturated carbocycles. The topological polar surface area (TPSA) is 82.0 Å². The molecule has 1 aliphatic carbocycles. The second-order valence-corrected chi connectivity index (χ2v) is 5.64. The second kappa shape index (κ2) is 6.15. The molecule has 110 valence electrons. The third-order valence-corrected chi connectivity index (χ3v) is 3.97. The van der Waals surface area contributed by atoms with Gasteiger partial charge >= 0.3 is 0 Å². The molecule has 6 heteroatoms. The van der Waals surface area contributed by atoms with Gasteiger partial charge in [-0.25, -0.2) is 0 Å². The predicted octanol–water partition coefficient (Wildman–Crippen LogP) is 3.32. The average molecular weight is 306 g/mol. The van der Waals surface area contributed by atoms with E-state index in [1.54, 1.807) is 18.2 Å². The van der Waals surface area contributed by atoms with Crippen LogP contribution in [-0.4, -0.2) is 11.8 Å². The van der Waals surface area contributed by atoms with Crippen LogP contribution in [0.2, 0.25) is 5.02 Å².